The van der Waals surface area contributed by atoms with Gasteiger partial charge >= 0.3 is 5.97 Å². The van der Waals surface area contributed by atoms with Crippen molar-refractivity contribution in [1.82, 2.24) is 9.38 Å². The van der Waals surface area contributed by atoms with Crippen molar-refractivity contribution in [3.63, 3.8) is 0 Å². The summed E-state index contributed by atoms with van der Waals surface area (Å²) in [5.74, 6) is 0.0345. The topological polar surface area (TPSA) is 90.1 Å². The Balaban J connectivity index is 2.03. The molecular formula is C17H13ClN2O5S. The van der Waals surface area contributed by atoms with Gasteiger partial charge in [0.15, 0.2) is 16.5 Å². The van der Waals surface area contributed by atoms with Crippen LogP contribution in [0.2, 0.25) is 5.02 Å². The molecule has 9 heteroatoms. The summed E-state index contributed by atoms with van der Waals surface area (Å²) in [6, 6.07) is 5.33. The highest BCUT2D eigenvalue weighted by atomic mass is 35.5. The van der Waals surface area contributed by atoms with Crippen LogP contribution in [0.25, 0.3) is 17.1 Å². The van der Waals surface area contributed by atoms with Crippen molar-refractivity contribution in [2.24, 2.45) is 0 Å². The molecule has 3 rings (SSSR count). The van der Waals surface area contributed by atoms with Gasteiger partial charge < -0.3 is 14.6 Å². The number of benzene rings is 1. The van der Waals surface area contributed by atoms with Gasteiger partial charge in [-0.2, -0.15) is 0 Å². The summed E-state index contributed by atoms with van der Waals surface area (Å²) >= 11 is 7.00. The molecule has 134 valence electrons. The smallest absolute Gasteiger partial charge is 0.347 e. The van der Waals surface area contributed by atoms with Gasteiger partial charge in [-0.1, -0.05) is 35.1 Å². The molecule has 0 saturated carbocycles. The summed E-state index contributed by atoms with van der Waals surface area (Å²) in [5, 5.41) is 8.97. The number of fused-ring (bicyclic) bond motifs is 1. The zero-order valence-electron chi connectivity index (χ0n) is 13.7. The molecule has 0 amide bonds. The summed E-state index contributed by atoms with van der Waals surface area (Å²) in [6.07, 6.45) is 4.52. The molecule has 0 aliphatic carbocycles. The van der Waals surface area contributed by atoms with Gasteiger partial charge in [0.25, 0.3) is 5.56 Å². The van der Waals surface area contributed by atoms with Crippen molar-refractivity contribution in [1.29, 1.82) is 0 Å². The number of carboxylic acids is 1. The lowest BCUT2D eigenvalue weighted by molar-refractivity contribution is 0.0701. The van der Waals surface area contributed by atoms with Crippen molar-refractivity contribution < 1.29 is 19.4 Å². The Bertz CT molecular complexity index is 1090. The van der Waals surface area contributed by atoms with E-state index in [4.69, 9.17) is 26.2 Å². The van der Waals surface area contributed by atoms with E-state index in [9.17, 15) is 9.59 Å². The minimum absolute atomic E-state index is 0.00619. The lowest BCUT2D eigenvalue weighted by Gasteiger charge is -2.07. The second-order valence-corrected chi connectivity index (χ2v) is 6.50. The quantitative estimate of drug-likeness (QED) is 0.716. The Labute approximate surface area is 156 Å². The number of aromatic nitrogens is 2. The Morgan fingerprint density at radius 3 is 2.65 bits per heavy atom. The first kappa shape index (κ1) is 18.0. The van der Waals surface area contributed by atoms with Crippen LogP contribution in [-0.4, -0.2) is 34.7 Å². The predicted molar refractivity (Wildman–Crippen MR) is 99.8 cm³/mol. The number of hydrogen-bond donors (Lipinski definition) is 1. The maximum Gasteiger partial charge on any atom is 0.347 e. The molecule has 0 aliphatic heterocycles. The normalized spacial score (nSPS) is 11.2. The minimum atomic E-state index is -1.13. The Morgan fingerprint density at radius 2 is 2.00 bits per heavy atom. The number of ether oxygens (including phenoxy) is 2. The first-order chi connectivity index (χ1) is 12.4. The van der Waals surface area contributed by atoms with Gasteiger partial charge in [0.1, 0.15) is 9.90 Å². The third-order valence-electron chi connectivity index (χ3n) is 3.55. The summed E-state index contributed by atoms with van der Waals surface area (Å²) in [6.45, 7) is 0. The van der Waals surface area contributed by atoms with E-state index in [0.29, 0.717) is 11.5 Å². The first-order valence-electron chi connectivity index (χ1n) is 7.29. The van der Waals surface area contributed by atoms with E-state index in [-0.39, 0.29) is 20.6 Å². The molecule has 7 nitrogen and oxygen atoms in total. The van der Waals surface area contributed by atoms with Crippen molar-refractivity contribution >= 4 is 46.0 Å². The van der Waals surface area contributed by atoms with Crippen LogP contribution in [0, 0.1) is 0 Å². The first-order valence-corrected chi connectivity index (χ1v) is 8.49. The maximum absolute atomic E-state index is 12.3. The van der Waals surface area contributed by atoms with E-state index in [0.717, 1.165) is 21.3 Å². The largest absolute Gasteiger partial charge is 0.493 e. The third kappa shape index (κ3) is 3.29. The molecule has 26 heavy (non-hydrogen) atoms. The number of carbonyl (C=O) groups is 1. The van der Waals surface area contributed by atoms with Gasteiger partial charge in [-0.15, -0.1) is 0 Å². The molecule has 0 unspecified atom stereocenters. The molecule has 0 fully saturated rings. The molecule has 0 bridgehead atoms. The molecule has 0 radical (unpaired) electrons. The average Bonchev–Trinajstić information content (AvgIpc) is 3.07. The molecule has 0 aliphatic rings. The minimum Gasteiger partial charge on any atom is -0.493 e. The van der Waals surface area contributed by atoms with Gasteiger partial charge in [0.2, 0.25) is 0 Å². The van der Waals surface area contributed by atoms with Crippen LogP contribution in [0.1, 0.15) is 20.9 Å². The number of halogens is 1. The van der Waals surface area contributed by atoms with Crippen LogP contribution < -0.4 is 15.0 Å². The summed E-state index contributed by atoms with van der Waals surface area (Å²) in [7, 11) is 3.08. The van der Waals surface area contributed by atoms with Gasteiger partial charge in [-0.05, 0) is 23.8 Å². The number of aromatic carboxylic acids is 1. The lowest BCUT2D eigenvalue weighted by Crippen LogP contribution is -2.14. The number of methoxy groups -OCH3 is 2. The standard InChI is InChI=1S/C17H13ClN2O5S/c1-24-11-6-4-9(7-12(11)25-2)3-5-10-14(18)15(21)20-8-13(16(22)23)26-17(20)19-10/h3-8H,1-2H3,(H,22,23). The van der Waals surface area contributed by atoms with Gasteiger partial charge in [-0.3, -0.25) is 9.20 Å². The zero-order chi connectivity index (χ0) is 18.8. The van der Waals surface area contributed by atoms with Crippen molar-refractivity contribution in [3.05, 3.63) is 55.9 Å². The van der Waals surface area contributed by atoms with Crippen molar-refractivity contribution in [2.75, 3.05) is 14.2 Å². The second kappa shape index (κ2) is 7.19. The number of thiazole rings is 1. The maximum atomic E-state index is 12.3. The highest BCUT2D eigenvalue weighted by molar-refractivity contribution is 7.18. The molecule has 0 atom stereocenters. The van der Waals surface area contributed by atoms with Crippen molar-refractivity contribution in [3.8, 4) is 11.5 Å². The number of rotatable bonds is 5. The molecule has 2 heterocycles. The third-order valence-corrected chi connectivity index (χ3v) is 4.88. The summed E-state index contributed by atoms with van der Waals surface area (Å²) < 4.78 is 11.6. The van der Waals surface area contributed by atoms with Gasteiger partial charge in [-0.25, -0.2) is 9.78 Å². The predicted octanol–water partition coefficient (Wildman–Crippen LogP) is 3.30. The molecule has 2 aromatic heterocycles. The van der Waals surface area contributed by atoms with E-state index < -0.39 is 11.5 Å². The highest BCUT2D eigenvalue weighted by Gasteiger charge is 2.15. The molecule has 1 N–H and O–H groups in total. The summed E-state index contributed by atoms with van der Waals surface area (Å²) in [4.78, 5) is 27.9. The van der Waals surface area contributed by atoms with Gasteiger partial charge in [0.05, 0.1) is 19.9 Å². The fourth-order valence-corrected chi connectivity index (χ4v) is 3.29. The fraction of sp³-hybridized carbons (Fsp3) is 0.118. The van der Waals surface area contributed by atoms with Crippen LogP contribution in [-0.2, 0) is 0 Å². The number of nitrogens with zero attached hydrogens (tertiary/aromatic N) is 2. The fourth-order valence-electron chi connectivity index (χ4n) is 2.28. The van der Waals surface area contributed by atoms with E-state index in [1.54, 1.807) is 31.4 Å². The summed E-state index contributed by atoms with van der Waals surface area (Å²) in [5.41, 5.74) is 0.524. The molecule has 3 aromatic rings. The van der Waals surface area contributed by atoms with Gasteiger partial charge in [0, 0.05) is 6.20 Å². The highest BCUT2D eigenvalue weighted by Crippen LogP contribution is 2.28. The molecule has 1 aromatic carbocycles. The van der Waals surface area contributed by atoms with E-state index >= 15 is 0 Å². The molecule has 0 saturated heterocycles. The monoisotopic (exact) mass is 392 g/mol. The van der Waals surface area contributed by atoms with Crippen LogP contribution in [0.15, 0.2) is 29.2 Å². The molecular weight excluding hydrogens is 380 g/mol. The number of hydrogen-bond acceptors (Lipinski definition) is 6. The van der Waals surface area contributed by atoms with E-state index in [1.807, 2.05) is 6.07 Å². The number of carboxylic acid groups (broad SMARTS) is 1. The average molecular weight is 393 g/mol. The van der Waals surface area contributed by atoms with E-state index in [2.05, 4.69) is 4.98 Å². The molecule has 0 spiro atoms. The van der Waals surface area contributed by atoms with Crippen LogP contribution >= 0.6 is 22.9 Å². The SMILES string of the molecule is COc1ccc(C=Cc2nc3sc(C(=O)O)cn3c(=O)c2Cl)cc1OC. The van der Waals surface area contributed by atoms with Crippen LogP contribution in [0.4, 0.5) is 0 Å². The Morgan fingerprint density at radius 1 is 1.27 bits per heavy atom. The Hall–Kier alpha value is -2.84. The lowest BCUT2D eigenvalue weighted by atomic mass is 10.1. The van der Waals surface area contributed by atoms with Crippen LogP contribution in [0.5, 0.6) is 11.5 Å². The second-order valence-electron chi connectivity index (χ2n) is 5.12. The van der Waals surface area contributed by atoms with Crippen LogP contribution in [0.3, 0.4) is 0 Å². The Kier molecular flexibility index (Phi) is 4.97. The van der Waals surface area contributed by atoms with E-state index in [1.165, 1.54) is 13.3 Å². The zero-order valence-corrected chi connectivity index (χ0v) is 15.3. The van der Waals surface area contributed by atoms with Crippen molar-refractivity contribution in [2.45, 2.75) is 0 Å².